The van der Waals surface area contributed by atoms with E-state index in [9.17, 15) is 8.42 Å². The van der Waals surface area contributed by atoms with E-state index in [1.165, 1.54) is 4.31 Å². The zero-order valence-corrected chi connectivity index (χ0v) is 13.4. The summed E-state index contributed by atoms with van der Waals surface area (Å²) in [5.41, 5.74) is 1.60. The van der Waals surface area contributed by atoms with E-state index in [0.717, 1.165) is 24.0 Å². The van der Waals surface area contributed by atoms with Gasteiger partial charge in [0.1, 0.15) is 0 Å². The molecule has 0 fully saturated rings. The molecule has 1 aromatic carbocycles. The summed E-state index contributed by atoms with van der Waals surface area (Å²) in [7, 11) is -3.41. The Kier molecular flexibility index (Phi) is 6.30. The number of nitrogens with zero attached hydrogens (tertiary/aromatic N) is 1. The second-order valence-electron chi connectivity index (χ2n) is 4.58. The maximum absolute atomic E-state index is 12.6. The van der Waals surface area contributed by atoms with Crippen molar-refractivity contribution in [3.05, 3.63) is 29.3 Å². The quantitative estimate of drug-likeness (QED) is 0.722. The van der Waals surface area contributed by atoms with Crippen LogP contribution in [0.25, 0.3) is 0 Å². The second kappa shape index (κ2) is 7.27. The molecule has 0 atom stereocenters. The fourth-order valence-corrected chi connectivity index (χ4v) is 3.86. The first-order chi connectivity index (χ1) is 8.97. The van der Waals surface area contributed by atoms with Gasteiger partial charge in [-0.2, -0.15) is 4.31 Å². The van der Waals surface area contributed by atoms with Crippen molar-refractivity contribution in [3.8, 4) is 0 Å². The summed E-state index contributed by atoms with van der Waals surface area (Å²) >= 11 is 5.79. The number of hydrogen-bond donors (Lipinski definition) is 0. The molecule has 1 rings (SSSR count). The molecule has 19 heavy (non-hydrogen) atoms. The maximum Gasteiger partial charge on any atom is 0.243 e. The van der Waals surface area contributed by atoms with Crippen LogP contribution in [0, 0.1) is 6.92 Å². The van der Waals surface area contributed by atoms with Crippen LogP contribution >= 0.6 is 11.6 Å². The minimum atomic E-state index is -3.41. The van der Waals surface area contributed by atoms with E-state index in [2.05, 4.69) is 6.92 Å². The number of unbranched alkanes of at least 4 members (excludes halogenated alkanes) is 1. The van der Waals surface area contributed by atoms with Crippen molar-refractivity contribution >= 4 is 21.6 Å². The normalized spacial score (nSPS) is 12.1. The van der Waals surface area contributed by atoms with Gasteiger partial charge in [0, 0.05) is 19.0 Å². The van der Waals surface area contributed by atoms with Crippen LogP contribution in [0.3, 0.4) is 0 Å². The third-order valence-electron chi connectivity index (χ3n) is 3.14. The Morgan fingerprint density at radius 1 is 1.26 bits per heavy atom. The number of aryl methyl sites for hydroxylation is 1. The number of benzene rings is 1. The summed E-state index contributed by atoms with van der Waals surface area (Å²) in [5.74, 6) is 0.323. The van der Waals surface area contributed by atoms with Crippen molar-refractivity contribution in [3.63, 3.8) is 0 Å². The standard InChI is InChI=1S/C14H22ClNO2S/c1-4-6-9-16(5-2)19(17,18)14-10-13(11-15)8-7-12(14)3/h7-8,10H,4-6,9,11H2,1-3H3. The topological polar surface area (TPSA) is 37.4 Å². The Bertz CT molecular complexity index is 514. The molecule has 0 aliphatic carbocycles. The first kappa shape index (κ1) is 16.5. The van der Waals surface area contributed by atoms with Crippen molar-refractivity contribution in [2.24, 2.45) is 0 Å². The molecule has 0 radical (unpaired) electrons. The predicted octanol–water partition coefficient (Wildman–Crippen LogP) is 3.54. The third-order valence-corrected chi connectivity index (χ3v) is 5.56. The molecule has 0 N–H and O–H groups in total. The van der Waals surface area contributed by atoms with Crippen LogP contribution in [0.1, 0.15) is 37.8 Å². The third kappa shape index (κ3) is 3.94. The van der Waals surface area contributed by atoms with E-state index in [-0.39, 0.29) is 0 Å². The van der Waals surface area contributed by atoms with E-state index in [1.54, 1.807) is 6.07 Å². The number of rotatable bonds is 7. The van der Waals surface area contributed by atoms with E-state index in [1.807, 2.05) is 26.0 Å². The molecule has 1 aromatic rings. The van der Waals surface area contributed by atoms with Gasteiger partial charge in [0.2, 0.25) is 10.0 Å². The van der Waals surface area contributed by atoms with Gasteiger partial charge in [-0.15, -0.1) is 11.6 Å². The highest BCUT2D eigenvalue weighted by atomic mass is 35.5. The first-order valence-corrected chi connectivity index (χ1v) is 8.60. The SMILES string of the molecule is CCCCN(CC)S(=O)(=O)c1cc(CCl)ccc1C. The summed E-state index contributed by atoms with van der Waals surface area (Å²) < 4.78 is 26.8. The molecule has 0 spiro atoms. The fourth-order valence-electron chi connectivity index (χ4n) is 1.93. The van der Waals surface area contributed by atoms with Crippen LogP contribution < -0.4 is 0 Å². The Morgan fingerprint density at radius 2 is 1.95 bits per heavy atom. The lowest BCUT2D eigenvalue weighted by Gasteiger charge is -2.21. The van der Waals surface area contributed by atoms with Crippen molar-refractivity contribution in [2.45, 2.75) is 44.4 Å². The van der Waals surface area contributed by atoms with Crippen LogP contribution in [0.2, 0.25) is 0 Å². The molecule has 0 unspecified atom stereocenters. The zero-order chi connectivity index (χ0) is 14.5. The molecule has 108 valence electrons. The first-order valence-electron chi connectivity index (χ1n) is 6.63. The summed E-state index contributed by atoms with van der Waals surface area (Å²) in [4.78, 5) is 0.378. The largest absolute Gasteiger partial charge is 0.243 e. The molecule has 0 bridgehead atoms. The maximum atomic E-state index is 12.6. The Labute approximate surface area is 121 Å². The van der Waals surface area contributed by atoms with Gasteiger partial charge in [0.05, 0.1) is 4.90 Å². The summed E-state index contributed by atoms with van der Waals surface area (Å²) in [6, 6.07) is 5.37. The highest BCUT2D eigenvalue weighted by Crippen LogP contribution is 2.22. The average Bonchev–Trinajstić information content (AvgIpc) is 2.39. The van der Waals surface area contributed by atoms with E-state index in [0.29, 0.717) is 23.9 Å². The van der Waals surface area contributed by atoms with Crippen LogP contribution in [0.4, 0.5) is 0 Å². The number of sulfonamides is 1. The molecule has 5 heteroatoms. The number of hydrogen-bond acceptors (Lipinski definition) is 2. The number of alkyl halides is 1. The van der Waals surface area contributed by atoms with Crippen molar-refractivity contribution in [1.82, 2.24) is 4.31 Å². The Balaban J connectivity index is 3.17. The molecular formula is C14H22ClNO2S. The van der Waals surface area contributed by atoms with Gasteiger partial charge in [-0.05, 0) is 30.5 Å². The van der Waals surface area contributed by atoms with Gasteiger partial charge in [-0.25, -0.2) is 8.42 Å². The second-order valence-corrected chi connectivity index (χ2v) is 6.76. The molecular weight excluding hydrogens is 282 g/mol. The smallest absolute Gasteiger partial charge is 0.207 e. The lowest BCUT2D eigenvalue weighted by molar-refractivity contribution is 0.418. The summed E-state index contributed by atoms with van der Waals surface area (Å²) in [5, 5.41) is 0. The number of halogens is 1. The molecule has 0 heterocycles. The van der Waals surface area contributed by atoms with Gasteiger partial charge in [0.15, 0.2) is 0 Å². The minimum absolute atomic E-state index is 0.323. The molecule has 0 aromatic heterocycles. The van der Waals surface area contributed by atoms with Crippen LogP contribution in [0.5, 0.6) is 0 Å². The molecule has 0 saturated heterocycles. The highest BCUT2D eigenvalue weighted by molar-refractivity contribution is 7.89. The molecule has 3 nitrogen and oxygen atoms in total. The Morgan fingerprint density at radius 3 is 2.47 bits per heavy atom. The van der Waals surface area contributed by atoms with Gasteiger partial charge in [-0.3, -0.25) is 0 Å². The van der Waals surface area contributed by atoms with Gasteiger partial charge >= 0.3 is 0 Å². The van der Waals surface area contributed by atoms with E-state index in [4.69, 9.17) is 11.6 Å². The molecule has 0 aliphatic heterocycles. The van der Waals surface area contributed by atoms with Gasteiger partial charge in [-0.1, -0.05) is 32.4 Å². The van der Waals surface area contributed by atoms with Crippen molar-refractivity contribution in [2.75, 3.05) is 13.1 Å². The summed E-state index contributed by atoms with van der Waals surface area (Å²) in [6.45, 7) is 6.80. The van der Waals surface area contributed by atoms with E-state index >= 15 is 0 Å². The molecule has 0 aliphatic rings. The average molecular weight is 304 g/mol. The van der Waals surface area contributed by atoms with Gasteiger partial charge in [0.25, 0.3) is 0 Å². The lowest BCUT2D eigenvalue weighted by atomic mass is 10.2. The zero-order valence-electron chi connectivity index (χ0n) is 11.8. The van der Waals surface area contributed by atoms with E-state index < -0.39 is 10.0 Å². The molecule has 0 saturated carbocycles. The highest BCUT2D eigenvalue weighted by Gasteiger charge is 2.24. The Hall–Kier alpha value is -0.580. The fraction of sp³-hybridized carbons (Fsp3) is 0.571. The lowest BCUT2D eigenvalue weighted by Crippen LogP contribution is -2.32. The molecule has 0 amide bonds. The van der Waals surface area contributed by atoms with Crippen LogP contribution in [0.15, 0.2) is 23.1 Å². The van der Waals surface area contributed by atoms with Gasteiger partial charge < -0.3 is 0 Å². The monoisotopic (exact) mass is 303 g/mol. The summed E-state index contributed by atoms with van der Waals surface area (Å²) in [6.07, 6.45) is 1.86. The van der Waals surface area contributed by atoms with Crippen LogP contribution in [-0.4, -0.2) is 25.8 Å². The van der Waals surface area contributed by atoms with Crippen molar-refractivity contribution < 1.29 is 8.42 Å². The van der Waals surface area contributed by atoms with Crippen LogP contribution in [-0.2, 0) is 15.9 Å². The predicted molar refractivity (Wildman–Crippen MR) is 80.1 cm³/mol. The van der Waals surface area contributed by atoms with Crippen molar-refractivity contribution in [1.29, 1.82) is 0 Å². The minimum Gasteiger partial charge on any atom is -0.207 e.